The number of thiazole rings is 1. The maximum atomic E-state index is 5.98. The fourth-order valence-electron chi connectivity index (χ4n) is 2.44. The Bertz CT molecular complexity index is 547. The lowest BCUT2D eigenvalue weighted by Gasteiger charge is -2.33. The lowest BCUT2D eigenvalue weighted by Crippen LogP contribution is -2.40. The lowest BCUT2D eigenvalue weighted by molar-refractivity contribution is 0.306. The zero-order chi connectivity index (χ0) is 14.6. The Labute approximate surface area is 129 Å². The van der Waals surface area contributed by atoms with E-state index in [9.17, 15) is 0 Å². The van der Waals surface area contributed by atoms with E-state index in [0.717, 1.165) is 29.3 Å². The van der Waals surface area contributed by atoms with Crippen LogP contribution >= 0.6 is 22.9 Å². The van der Waals surface area contributed by atoms with Gasteiger partial charge >= 0.3 is 0 Å². The summed E-state index contributed by atoms with van der Waals surface area (Å²) in [5.74, 6) is 0. The number of rotatable bonds is 6. The van der Waals surface area contributed by atoms with Crippen molar-refractivity contribution in [3.63, 3.8) is 0 Å². The molecule has 108 valence electrons. The van der Waals surface area contributed by atoms with Crippen LogP contribution in [0.4, 0.5) is 5.13 Å². The number of hydrogen-bond acceptors (Lipinski definition) is 4. The zero-order valence-electron chi connectivity index (χ0n) is 11.8. The summed E-state index contributed by atoms with van der Waals surface area (Å²) < 4.78 is 0. The maximum absolute atomic E-state index is 5.98. The van der Waals surface area contributed by atoms with Gasteiger partial charge in [-0.15, -0.1) is 11.3 Å². The molecule has 1 heterocycles. The molecule has 0 aliphatic heterocycles. The summed E-state index contributed by atoms with van der Waals surface area (Å²) in [4.78, 5) is 5.25. The number of aromatic nitrogens is 1. The van der Waals surface area contributed by atoms with Crippen LogP contribution in [0.5, 0.6) is 0 Å². The van der Waals surface area contributed by atoms with E-state index in [1.54, 1.807) is 0 Å². The number of anilines is 1. The molecule has 0 unspecified atom stereocenters. The average Bonchev–Trinajstić information content (AvgIpc) is 2.88. The number of hydrogen-bond donors (Lipinski definition) is 2. The van der Waals surface area contributed by atoms with Gasteiger partial charge in [-0.25, -0.2) is 4.98 Å². The first kappa shape index (κ1) is 15.3. The molecular formula is C15H20ClN3S. The van der Waals surface area contributed by atoms with Crippen molar-refractivity contribution in [2.45, 2.75) is 38.8 Å². The van der Waals surface area contributed by atoms with Crippen LogP contribution in [-0.2, 0) is 12.1 Å². The van der Waals surface area contributed by atoms with Crippen molar-refractivity contribution in [2.24, 2.45) is 0 Å². The largest absolute Gasteiger partial charge is 0.375 e. The molecule has 0 amide bonds. The van der Waals surface area contributed by atoms with Gasteiger partial charge in [-0.3, -0.25) is 0 Å². The van der Waals surface area contributed by atoms with Crippen molar-refractivity contribution < 1.29 is 0 Å². The van der Waals surface area contributed by atoms with E-state index in [0.29, 0.717) is 5.13 Å². The van der Waals surface area contributed by atoms with Crippen molar-refractivity contribution in [1.29, 1.82) is 0 Å². The van der Waals surface area contributed by atoms with Gasteiger partial charge in [-0.2, -0.15) is 0 Å². The predicted molar refractivity (Wildman–Crippen MR) is 87.1 cm³/mol. The molecule has 1 aromatic carbocycles. The minimum atomic E-state index is -0.0384. The molecule has 0 aliphatic carbocycles. The van der Waals surface area contributed by atoms with Crippen LogP contribution in [0, 0.1) is 0 Å². The Morgan fingerprint density at radius 3 is 2.40 bits per heavy atom. The van der Waals surface area contributed by atoms with Crippen LogP contribution in [0.2, 0.25) is 5.02 Å². The van der Waals surface area contributed by atoms with Crippen LogP contribution < -0.4 is 11.1 Å². The zero-order valence-corrected chi connectivity index (χ0v) is 13.4. The standard InChI is InChI=1S/C15H20ClN3S/c1-3-15(4-2,11-5-7-12(16)8-6-11)19-10-13-9-18-14(17)20-13/h5-9,19H,3-4,10H2,1-2H3,(H2,17,18). The second kappa shape index (κ2) is 6.57. The highest BCUT2D eigenvalue weighted by molar-refractivity contribution is 7.15. The van der Waals surface area contributed by atoms with E-state index in [1.807, 2.05) is 18.3 Å². The Morgan fingerprint density at radius 1 is 1.25 bits per heavy atom. The lowest BCUT2D eigenvalue weighted by atomic mass is 9.84. The van der Waals surface area contributed by atoms with E-state index in [-0.39, 0.29) is 5.54 Å². The van der Waals surface area contributed by atoms with Gasteiger partial charge in [0.2, 0.25) is 0 Å². The Hall–Kier alpha value is -1.10. The van der Waals surface area contributed by atoms with Gasteiger partial charge in [0.05, 0.1) is 0 Å². The van der Waals surface area contributed by atoms with Crippen LogP contribution in [0.1, 0.15) is 37.1 Å². The minimum Gasteiger partial charge on any atom is -0.375 e. The van der Waals surface area contributed by atoms with Gasteiger partial charge in [0, 0.05) is 28.2 Å². The van der Waals surface area contributed by atoms with E-state index < -0.39 is 0 Å². The third kappa shape index (κ3) is 3.32. The SMILES string of the molecule is CCC(CC)(NCc1cnc(N)s1)c1ccc(Cl)cc1. The van der Waals surface area contributed by atoms with E-state index in [2.05, 4.69) is 36.3 Å². The van der Waals surface area contributed by atoms with Crippen LogP contribution in [0.3, 0.4) is 0 Å². The summed E-state index contributed by atoms with van der Waals surface area (Å²) in [6.07, 6.45) is 3.86. The number of nitrogens with zero attached hydrogens (tertiary/aromatic N) is 1. The molecule has 0 aliphatic rings. The summed E-state index contributed by atoms with van der Waals surface area (Å²) in [5, 5.41) is 5.06. The van der Waals surface area contributed by atoms with Crippen LogP contribution in [-0.4, -0.2) is 4.98 Å². The number of halogens is 1. The van der Waals surface area contributed by atoms with E-state index in [4.69, 9.17) is 17.3 Å². The van der Waals surface area contributed by atoms with Crippen molar-refractivity contribution in [3.05, 3.63) is 45.9 Å². The van der Waals surface area contributed by atoms with Crippen molar-refractivity contribution in [3.8, 4) is 0 Å². The van der Waals surface area contributed by atoms with Gasteiger partial charge in [0.1, 0.15) is 0 Å². The average molecular weight is 310 g/mol. The molecule has 0 atom stereocenters. The summed E-state index contributed by atoms with van der Waals surface area (Å²) in [5.41, 5.74) is 6.91. The summed E-state index contributed by atoms with van der Waals surface area (Å²) in [7, 11) is 0. The van der Waals surface area contributed by atoms with Gasteiger partial charge < -0.3 is 11.1 Å². The number of nitrogens with one attached hydrogen (secondary N) is 1. The van der Waals surface area contributed by atoms with Gasteiger partial charge in [-0.05, 0) is 30.5 Å². The molecule has 0 saturated heterocycles. The first-order valence-corrected chi connectivity index (χ1v) is 8.00. The van der Waals surface area contributed by atoms with Crippen molar-refractivity contribution in [1.82, 2.24) is 10.3 Å². The minimum absolute atomic E-state index is 0.0384. The van der Waals surface area contributed by atoms with Gasteiger partial charge in [-0.1, -0.05) is 37.6 Å². The molecule has 5 heteroatoms. The van der Waals surface area contributed by atoms with Gasteiger partial charge in [0.25, 0.3) is 0 Å². The molecule has 3 N–H and O–H groups in total. The number of benzene rings is 1. The third-order valence-electron chi connectivity index (χ3n) is 3.78. The van der Waals surface area contributed by atoms with E-state index >= 15 is 0 Å². The topological polar surface area (TPSA) is 50.9 Å². The Kier molecular flexibility index (Phi) is 5.02. The first-order chi connectivity index (χ1) is 9.59. The molecule has 2 aromatic rings. The molecule has 0 spiro atoms. The first-order valence-electron chi connectivity index (χ1n) is 6.81. The Balaban J connectivity index is 2.18. The highest BCUT2D eigenvalue weighted by Gasteiger charge is 2.27. The quantitative estimate of drug-likeness (QED) is 0.841. The molecular weight excluding hydrogens is 290 g/mol. The summed E-state index contributed by atoms with van der Waals surface area (Å²) >= 11 is 7.51. The second-order valence-electron chi connectivity index (χ2n) is 4.81. The molecule has 20 heavy (non-hydrogen) atoms. The summed E-state index contributed by atoms with van der Waals surface area (Å²) in [6.45, 7) is 5.18. The second-order valence-corrected chi connectivity index (χ2v) is 6.40. The normalized spacial score (nSPS) is 11.8. The van der Waals surface area contributed by atoms with Crippen molar-refractivity contribution in [2.75, 3.05) is 5.73 Å². The van der Waals surface area contributed by atoms with Crippen molar-refractivity contribution >= 4 is 28.1 Å². The Morgan fingerprint density at radius 2 is 1.90 bits per heavy atom. The predicted octanol–water partition coefficient (Wildman–Crippen LogP) is 4.18. The van der Waals surface area contributed by atoms with Crippen LogP contribution in [0.25, 0.3) is 0 Å². The highest BCUT2D eigenvalue weighted by atomic mass is 35.5. The fourth-order valence-corrected chi connectivity index (χ4v) is 3.19. The number of nitrogens with two attached hydrogens (primary N) is 1. The molecule has 0 bridgehead atoms. The molecule has 0 saturated carbocycles. The fraction of sp³-hybridized carbons (Fsp3) is 0.400. The number of nitrogen functional groups attached to an aromatic ring is 1. The highest BCUT2D eigenvalue weighted by Crippen LogP contribution is 2.30. The molecule has 0 radical (unpaired) electrons. The molecule has 2 rings (SSSR count). The summed E-state index contributed by atoms with van der Waals surface area (Å²) in [6, 6.07) is 8.10. The maximum Gasteiger partial charge on any atom is 0.180 e. The monoisotopic (exact) mass is 309 g/mol. The molecule has 3 nitrogen and oxygen atoms in total. The van der Waals surface area contributed by atoms with Gasteiger partial charge in [0.15, 0.2) is 5.13 Å². The molecule has 1 aromatic heterocycles. The third-order valence-corrected chi connectivity index (χ3v) is 4.85. The van der Waals surface area contributed by atoms with Crippen LogP contribution in [0.15, 0.2) is 30.5 Å². The smallest absolute Gasteiger partial charge is 0.180 e. The van der Waals surface area contributed by atoms with E-state index in [1.165, 1.54) is 16.9 Å². The molecule has 0 fully saturated rings.